The van der Waals surface area contributed by atoms with E-state index in [-0.39, 0.29) is 11.8 Å². The highest BCUT2D eigenvalue weighted by molar-refractivity contribution is 6.28. The lowest BCUT2D eigenvalue weighted by Crippen LogP contribution is -2.39. The second kappa shape index (κ2) is 9.07. The van der Waals surface area contributed by atoms with E-state index in [2.05, 4.69) is 29.2 Å². The van der Waals surface area contributed by atoms with E-state index >= 15 is 0 Å². The van der Waals surface area contributed by atoms with Crippen LogP contribution in [-0.4, -0.2) is 36.6 Å². The van der Waals surface area contributed by atoms with Gasteiger partial charge in [0, 0.05) is 29.9 Å². The SMILES string of the molecule is CCOC(=O)c1cccc(Nc2cc(N3C[C@@H](C)C[C@H](C)C3)c3noc4c3c2C(=O)c2ccccc2-4)c1. The summed E-state index contributed by atoms with van der Waals surface area (Å²) in [5, 5.41) is 8.67. The van der Waals surface area contributed by atoms with Crippen LogP contribution in [0.15, 0.2) is 59.1 Å². The number of rotatable bonds is 5. The molecule has 0 saturated carbocycles. The zero-order valence-electron chi connectivity index (χ0n) is 21.2. The summed E-state index contributed by atoms with van der Waals surface area (Å²) >= 11 is 0. The van der Waals surface area contributed by atoms with Crippen LogP contribution in [-0.2, 0) is 4.74 Å². The van der Waals surface area contributed by atoms with E-state index in [0.717, 1.165) is 29.7 Å². The molecule has 0 amide bonds. The third-order valence-corrected chi connectivity index (χ3v) is 7.24. The number of hydrogen-bond acceptors (Lipinski definition) is 7. The van der Waals surface area contributed by atoms with Gasteiger partial charge >= 0.3 is 5.97 Å². The van der Waals surface area contributed by atoms with E-state index in [4.69, 9.17) is 9.26 Å². The molecule has 1 fully saturated rings. The number of fused-ring (bicyclic) bond motifs is 2. The predicted octanol–water partition coefficient (Wildman–Crippen LogP) is 6.44. The third-order valence-electron chi connectivity index (χ3n) is 7.24. The zero-order valence-corrected chi connectivity index (χ0v) is 21.2. The average Bonchev–Trinajstić information content (AvgIpc) is 3.32. The maximum absolute atomic E-state index is 13.9. The van der Waals surface area contributed by atoms with Gasteiger partial charge in [0.2, 0.25) is 0 Å². The molecular weight excluding hydrogens is 466 g/mol. The molecule has 4 aromatic rings. The smallest absolute Gasteiger partial charge is 0.338 e. The first kappa shape index (κ1) is 23.3. The largest absolute Gasteiger partial charge is 0.462 e. The normalized spacial score (nSPS) is 18.6. The number of carbonyl (C=O) groups is 2. The predicted molar refractivity (Wildman–Crippen MR) is 144 cm³/mol. The van der Waals surface area contributed by atoms with Crippen LogP contribution in [0.1, 0.15) is 53.5 Å². The minimum atomic E-state index is -0.383. The van der Waals surface area contributed by atoms with Gasteiger partial charge in [-0.05, 0) is 49.4 Å². The number of ketones is 1. The Balaban J connectivity index is 1.54. The zero-order chi connectivity index (χ0) is 25.7. The Hall–Kier alpha value is -4.13. The maximum Gasteiger partial charge on any atom is 0.338 e. The fourth-order valence-electron chi connectivity index (χ4n) is 5.84. The van der Waals surface area contributed by atoms with Crippen molar-refractivity contribution in [2.45, 2.75) is 27.2 Å². The molecule has 7 heteroatoms. The van der Waals surface area contributed by atoms with Crippen LogP contribution in [0.3, 0.4) is 0 Å². The van der Waals surface area contributed by atoms with Crippen molar-refractivity contribution in [1.82, 2.24) is 5.16 Å². The summed E-state index contributed by atoms with van der Waals surface area (Å²) in [7, 11) is 0. The lowest BCUT2D eigenvalue weighted by Gasteiger charge is -2.37. The van der Waals surface area contributed by atoms with Gasteiger partial charge in [-0.1, -0.05) is 49.3 Å². The van der Waals surface area contributed by atoms with E-state index in [0.29, 0.717) is 57.8 Å². The number of piperidine rings is 1. The van der Waals surface area contributed by atoms with Crippen molar-refractivity contribution in [2.75, 3.05) is 29.9 Å². The van der Waals surface area contributed by atoms with Crippen molar-refractivity contribution in [1.29, 1.82) is 0 Å². The van der Waals surface area contributed by atoms with Gasteiger partial charge in [0.05, 0.1) is 34.5 Å². The summed E-state index contributed by atoms with van der Waals surface area (Å²) in [5.74, 6) is 1.23. The summed E-state index contributed by atoms with van der Waals surface area (Å²) in [6.07, 6.45) is 1.18. The highest BCUT2D eigenvalue weighted by Crippen LogP contribution is 2.47. The molecule has 1 N–H and O–H groups in total. The van der Waals surface area contributed by atoms with Gasteiger partial charge in [-0.2, -0.15) is 0 Å². The molecular formula is C30H29N3O4. The summed E-state index contributed by atoms with van der Waals surface area (Å²) in [4.78, 5) is 28.6. The van der Waals surface area contributed by atoms with Crippen LogP contribution in [0.4, 0.5) is 17.1 Å². The second-order valence-electron chi connectivity index (χ2n) is 10.2. The Kier molecular flexibility index (Phi) is 5.71. The summed E-state index contributed by atoms with van der Waals surface area (Å²) in [5.41, 5.74) is 5.34. The maximum atomic E-state index is 13.9. The molecule has 6 rings (SSSR count). The van der Waals surface area contributed by atoms with Crippen LogP contribution in [0.5, 0.6) is 0 Å². The number of benzene rings is 3. The molecule has 1 aromatic heterocycles. The van der Waals surface area contributed by atoms with E-state index < -0.39 is 0 Å². The molecule has 0 bridgehead atoms. The number of hydrogen-bond donors (Lipinski definition) is 1. The monoisotopic (exact) mass is 495 g/mol. The fourth-order valence-corrected chi connectivity index (χ4v) is 5.84. The second-order valence-corrected chi connectivity index (χ2v) is 10.2. The van der Waals surface area contributed by atoms with Gasteiger partial charge in [-0.25, -0.2) is 4.79 Å². The van der Waals surface area contributed by atoms with Crippen molar-refractivity contribution >= 4 is 39.7 Å². The Morgan fingerprint density at radius 1 is 1.08 bits per heavy atom. The van der Waals surface area contributed by atoms with Crippen molar-refractivity contribution in [3.8, 4) is 11.3 Å². The van der Waals surface area contributed by atoms with E-state index in [9.17, 15) is 9.59 Å². The molecule has 1 aliphatic heterocycles. The quantitative estimate of drug-likeness (QED) is 0.281. The first-order chi connectivity index (χ1) is 17.9. The highest BCUT2D eigenvalue weighted by atomic mass is 16.5. The molecule has 1 saturated heterocycles. The van der Waals surface area contributed by atoms with Gasteiger partial charge < -0.3 is 19.5 Å². The van der Waals surface area contributed by atoms with E-state index in [1.165, 1.54) is 6.42 Å². The number of anilines is 3. The van der Waals surface area contributed by atoms with Crippen LogP contribution >= 0.6 is 0 Å². The third kappa shape index (κ3) is 3.95. The first-order valence-corrected chi connectivity index (χ1v) is 12.8. The molecule has 0 radical (unpaired) electrons. The van der Waals surface area contributed by atoms with Crippen molar-refractivity contribution in [2.24, 2.45) is 11.8 Å². The van der Waals surface area contributed by atoms with Crippen LogP contribution in [0, 0.1) is 11.8 Å². The minimum Gasteiger partial charge on any atom is -0.462 e. The van der Waals surface area contributed by atoms with Gasteiger partial charge in [0.1, 0.15) is 5.52 Å². The Bertz CT molecular complexity index is 1530. The Morgan fingerprint density at radius 3 is 2.59 bits per heavy atom. The molecule has 37 heavy (non-hydrogen) atoms. The van der Waals surface area contributed by atoms with Crippen LogP contribution in [0.25, 0.3) is 22.2 Å². The van der Waals surface area contributed by atoms with Crippen molar-refractivity contribution < 1.29 is 18.8 Å². The first-order valence-electron chi connectivity index (χ1n) is 12.8. The number of nitrogens with zero attached hydrogens (tertiary/aromatic N) is 2. The van der Waals surface area contributed by atoms with Crippen LogP contribution in [0.2, 0.25) is 0 Å². The number of nitrogens with one attached hydrogen (secondary N) is 1. The Labute approximate surface area is 215 Å². The van der Waals surface area contributed by atoms with E-state index in [1.807, 2.05) is 36.4 Å². The molecule has 2 atom stereocenters. The topological polar surface area (TPSA) is 84.7 Å². The average molecular weight is 496 g/mol. The van der Waals surface area contributed by atoms with Crippen LogP contribution < -0.4 is 10.2 Å². The van der Waals surface area contributed by atoms with Gasteiger partial charge in [0.25, 0.3) is 0 Å². The van der Waals surface area contributed by atoms with Gasteiger partial charge in [-0.3, -0.25) is 4.79 Å². The molecule has 2 aliphatic rings. The molecule has 3 aromatic carbocycles. The van der Waals surface area contributed by atoms with E-state index in [1.54, 1.807) is 25.1 Å². The van der Waals surface area contributed by atoms with Crippen molar-refractivity contribution in [3.63, 3.8) is 0 Å². The number of ether oxygens (including phenoxy) is 1. The number of carbonyl (C=O) groups excluding carboxylic acids is 2. The lowest BCUT2D eigenvalue weighted by molar-refractivity contribution is 0.0526. The standard InChI is InChI=1S/C30H29N3O4/c1-4-36-30(35)19-8-7-9-20(13-19)31-23-14-24(33-15-17(2)12-18(3)16-33)27-26-25(23)28(34)21-10-5-6-11-22(21)29(26)37-32-27/h5-11,13-14,17-18,31H,4,12,15-16H2,1-3H3/t17-,18-/m0/s1. The van der Waals surface area contributed by atoms with Gasteiger partial charge in [0.15, 0.2) is 11.5 Å². The lowest BCUT2D eigenvalue weighted by atomic mass is 9.85. The molecule has 7 nitrogen and oxygen atoms in total. The molecule has 1 aliphatic carbocycles. The summed E-state index contributed by atoms with van der Waals surface area (Å²) in [6.45, 7) is 8.44. The Morgan fingerprint density at radius 2 is 1.84 bits per heavy atom. The molecule has 2 heterocycles. The fraction of sp³-hybridized carbons (Fsp3) is 0.300. The van der Waals surface area contributed by atoms with Crippen molar-refractivity contribution in [3.05, 3.63) is 71.3 Å². The number of esters is 1. The molecule has 0 spiro atoms. The summed E-state index contributed by atoms with van der Waals surface area (Å²) in [6, 6.07) is 16.6. The molecule has 188 valence electrons. The van der Waals surface area contributed by atoms with Gasteiger partial charge in [-0.15, -0.1) is 0 Å². The molecule has 0 unspecified atom stereocenters. The highest BCUT2D eigenvalue weighted by Gasteiger charge is 2.34. The minimum absolute atomic E-state index is 0.0766. The number of aromatic nitrogens is 1. The summed E-state index contributed by atoms with van der Waals surface area (Å²) < 4.78 is 11.1.